The van der Waals surface area contributed by atoms with Crippen LogP contribution in [-0.2, 0) is 5.41 Å². The van der Waals surface area contributed by atoms with Crippen molar-refractivity contribution in [3.63, 3.8) is 0 Å². The van der Waals surface area contributed by atoms with E-state index in [9.17, 15) is 0 Å². The molecule has 0 amide bonds. The third kappa shape index (κ3) is 2.60. The fourth-order valence-electron chi connectivity index (χ4n) is 2.98. The van der Waals surface area contributed by atoms with Crippen LogP contribution < -0.4 is 11.1 Å². The SMILES string of the molecule is CNCC(C)(C)c1ccc(-c2ccc3[nH]cc(N)c3c2)cc1. The van der Waals surface area contributed by atoms with Gasteiger partial charge in [-0.05, 0) is 35.9 Å². The van der Waals surface area contributed by atoms with Gasteiger partial charge in [-0.25, -0.2) is 0 Å². The van der Waals surface area contributed by atoms with E-state index in [1.807, 2.05) is 13.2 Å². The second-order valence-electron chi connectivity index (χ2n) is 6.50. The molecular weight excluding hydrogens is 270 g/mol. The summed E-state index contributed by atoms with van der Waals surface area (Å²) in [5.74, 6) is 0. The topological polar surface area (TPSA) is 53.8 Å². The molecule has 0 saturated carbocycles. The molecule has 1 aromatic heterocycles. The number of anilines is 1. The van der Waals surface area contributed by atoms with Crippen molar-refractivity contribution in [2.75, 3.05) is 19.3 Å². The minimum absolute atomic E-state index is 0.127. The molecule has 0 saturated heterocycles. The lowest BCUT2D eigenvalue weighted by atomic mass is 9.84. The van der Waals surface area contributed by atoms with Gasteiger partial charge in [0.15, 0.2) is 0 Å². The molecule has 0 radical (unpaired) electrons. The predicted molar refractivity (Wildman–Crippen MR) is 95.1 cm³/mol. The zero-order valence-corrected chi connectivity index (χ0v) is 13.4. The monoisotopic (exact) mass is 293 g/mol. The summed E-state index contributed by atoms with van der Waals surface area (Å²) < 4.78 is 0. The van der Waals surface area contributed by atoms with E-state index in [2.05, 4.69) is 66.6 Å². The maximum Gasteiger partial charge on any atom is 0.0572 e. The molecule has 0 aliphatic heterocycles. The van der Waals surface area contributed by atoms with Crippen LogP contribution in [-0.4, -0.2) is 18.6 Å². The van der Waals surface area contributed by atoms with Gasteiger partial charge in [0.25, 0.3) is 0 Å². The van der Waals surface area contributed by atoms with Gasteiger partial charge in [0.2, 0.25) is 0 Å². The Labute approximate surface area is 131 Å². The van der Waals surface area contributed by atoms with Gasteiger partial charge < -0.3 is 16.0 Å². The smallest absolute Gasteiger partial charge is 0.0572 e. The number of nitrogens with one attached hydrogen (secondary N) is 2. The number of hydrogen-bond acceptors (Lipinski definition) is 2. The van der Waals surface area contributed by atoms with Crippen molar-refractivity contribution in [3.05, 3.63) is 54.2 Å². The average Bonchev–Trinajstić information content (AvgIpc) is 2.88. The van der Waals surface area contributed by atoms with Crippen LogP contribution in [0.3, 0.4) is 0 Å². The van der Waals surface area contributed by atoms with Crippen LogP contribution in [0, 0.1) is 0 Å². The van der Waals surface area contributed by atoms with Gasteiger partial charge in [-0.3, -0.25) is 0 Å². The minimum Gasteiger partial charge on any atom is -0.397 e. The molecule has 0 bridgehead atoms. The van der Waals surface area contributed by atoms with Crippen LogP contribution >= 0.6 is 0 Å². The van der Waals surface area contributed by atoms with Gasteiger partial charge in [-0.1, -0.05) is 44.2 Å². The number of aromatic nitrogens is 1. The van der Waals surface area contributed by atoms with Crippen molar-refractivity contribution in [1.82, 2.24) is 10.3 Å². The summed E-state index contributed by atoms with van der Waals surface area (Å²) in [7, 11) is 1.99. The molecule has 0 unspecified atom stereocenters. The Morgan fingerprint density at radius 1 is 1.05 bits per heavy atom. The van der Waals surface area contributed by atoms with E-state index in [4.69, 9.17) is 5.73 Å². The first-order chi connectivity index (χ1) is 10.5. The van der Waals surface area contributed by atoms with Crippen LogP contribution in [0.1, 0.15) is 19.4 Å². The summed E-state index contributed by atoms with van der Waals surface area (Å²) in [6, 6.07) is 15.2. The first-order valence-corrected chi connectivity index (χ1v) is 7.63. The Morgan fingerprint density at radius 2 is 1.73 bits per heavy atom. The molecule has 3 rings (SSSR count). The maximum atomic E-state index is 6.00. The molecule has 0 atom stereocenters. The van der Waals surface area contributed by atoms with Crippen molar-refractivity contribution in [3.8, 4) is 11.1 Å². The van der Waals surface area contributed by atoms with Crippen molar-refractivity contribution in [2.45, 2.75) is 19.3 Å². The molecule has 0 aliphatic rings. The molecule has 1 heterocycles. The third-order valence-electron chi connectivity index (χ3n) is 4.33. The van der Waals surface area contributed by atoms with E-state index in [-0.39, 0.29) is 5.41 Å². The lowest BCUT2D eigenvalue weighted by Gasteiger charge is -2.25. The Balaban J connectivity index is 1.95. The first-order valence-electron chi connectivity index (χ1n) is 7.63. The molecular formula is C19H23N3. The molecule has 0 spiro atoms. The number of H-pyrrole nitrogens is 1. The van der Waals surface area contributed by atoms with Crippen molar-refractivity contribution in [1.29, 1.82) is 0 Å². The van der Waals surface area contributed by atoms with E-state index in [0.29, 0.717) is 0 Å². The van der Waals surface area contributed by atoms with Crippen LogP contribution in [0.25, 0.3) is 22.0 Å². The number of nitrogen functional groups attached to an aromatic ring is 1. The number of aromatic amines is 1. The number of benzene rings is 2. The zero-order chi connectivity index (χ0) is 15.7. The van der Waals surface area contributed by atoms with Crippen LogP contribution in [0.4, 0.5) is 5.69 Å². The fourth-order valence-corrected chi connectivity index (χ4v) is 2.98. The second kappa shape index (κ2) is 5.50. The summed E-state index contributed by atoms with van der Waals surface area (Å²) >= 11 is 0. The normalized spacial score (nSPS) is 12.0. The van der Waals surface area contributed by atoms with Crippen molar-refractivity contribution >= 4 is 16.6 Å². The highest BCUT2D eigenvalue weighted by atomic mass is 14.8. The molecule has 3 heteroatoms. The Hall–Kier alpha value is -2.26. The largest absolute Gasteiger partial charge is 0.397 e. The Bertz CT molecular complexity index is 782. The highest BCUT2D eigenvalue weighted by Gasteiger charge is 2.19. The molecule has 114 valence electrons. The summed E-state index contributed by atoms with van der Waals surface area (Å²) in [5.41, 5.74) is 11.7. The van der Waals surface area contributed by atoms with Gasteiger partial charge in [-0.2, -0.15) is 0 Å². The molecule has 3 nitrogen and oxygen atoms in total. The predicted octanol–water partition coefficient (Wildman–Crippen LogP) is 3.91. The van der Waals surface area contributed by atoms with Crippen molar-refractivity contribution in [2.24, 2.45) is 0 Å². The highest BCUT2D eigenvalue weighted by molar-refractivity contribution is 5.94. The van der Waals surface area contributed by atoms with Crippen LogP contribution in [0.15, 0.2) is 48.7 Å². The second-order valence-corrected chi connectivity index (χ2v) is 6.50. The molecule has 0 fully saturated rings. The number of nitrogens with two attached hydrogens (primary N) is 1. The van der Waals surface area contributed by atoms with Gasteiger partial charge >= 0.3 is 0 Å². The lowest BCUT2D eigenvalue weighted by molar-refractivity contribution is 0.494. The summed E-state index contributed by atoms with van der Waals surface area (Å²) in [4.78, 5) is 3.18. The molecule has 2 aromatic carbocycles. The number of rotatable bonds is 4. The van der Waals surface area contributed by atoms with Gasteiger partial charge in [-0.15, -0.1) is 0 Å². The highest BCUT2D eigenvalue weighted by Crippen LogP contribution is 2.29. The van der Waals surface area contributed by atoms with Gasteiger partial charge in [0, 0.05) is 29.1 Å². The maximum absolute atomic E-state index is 6.00. The molecule has 4 N–H and O–H groups in total. The minimum atomic E-state index is 0.127. The van der Waals surface area contributed by atoms with E-state index in [0.717, 1.165) is 23.1 Å². The summed E-state index contributed by atoms with van der Waals surface area (Å²) in [6.45, 7) is 5.47. The summed E-state index contributed by atoms with van der Waals surface area (Å²) in [6.07, 6.45) is 1.85. The Morgan fingerprint density at radius 3 is 2.41 bits per heavy atom. The van der Waals surface area contributed by atoms with Gasteiger partial charge in [0.05, 0.1) is 5.69 Å². The van der Waals surface area contributed by atoms with Crippen molar-refractivity contribution < 1.29 is 0 Å². The molecule has 3 aromatic rings. The number of likely N-dealkylation sites (N-methyl/N-ethyl adjacent to an activating group) is 1. The van der Waals surface area contributed by atoms with E-state index in [1.54, 1.807) is 0 Å². The zero-order valence-electron chi connectivity index (χ0n) is 13.4. The number of hydrogen-bond donors (Lipinski definition) is 3. The fraction of sp³-hybridized carbons (Fsp3) is 0.263. The lowest BCUT2D eigenvalue weighted by Crippen LogP contribution is -2.30. The quantitative estimate of drug-likeness (QED) is 0.683. The molecule has 0 aliphatic carbocycles. The number of fused-ring (bicyclic) bond motifs is 1. The standard InChI is InChI=1S/C19H23N3/c1-19(2,12-21-3)15-7-4-13(5-8-15)14-6-9-18-16(10-14)17(20)11-22-18/h4-11,21-22H,12,20H2,1-3H3. The van der Waals surface area contributed by atoms with E-state index < -0.39 is 0 Å². The molecule has 22 heavy (non-hydrogen) atoms. The van der Waals surface area contributed by atoms with E-state index >= 15 is 0 Å². The summed E-state index contributed by atoms with van der Waals surface area (Å²) in [5, 5.41) is 4.34. The Kier molecular flexibility index (Phi) is 3.67. The van der Waals surface area contributed by atoms with Crippen LogP contribution in [0.2, 0.25) is 0 Å². The first kappa shape index (κ1) is 14.7. The third-order valence-corrected chi connectivity index (χ3v) is 4.33. The van der Waals surface area contributed by atoms with Gasteiger partial charge in [0.1, 0.15) is 0 Å². The van der Waals surface area contributed by atoms with E-state index in [1.165, 1.54) is 16.7 Å². The average molecular weight is 293 g/mol. The van der Waals surface area contributed by atoms with Crippen LogP contribution in [0.5, 0.6) is 0 Å².